The first-order valence-electron chi connectivity index (χ1n) is 6.78. The van der Waals surface area contributed by atoms with Gasteiger partial charge in [-0.05, 0) is 6.92 Å². The van der Waals surface area contributed by atoms with E-state index in [9.17, 15) is 14.4 Å². The number of nitrogens with zero attached hydrogens (tertiary/aromatic N) is 2. The number of hydrogen-bond acceptors (Lipinski definition) is 5. The Morgan fingerprint density at radius 1 is 1.41 bits per heavy atom. The maximum atomic E-state index is 12.6. The van der Waals surface area contributed by atoms with Gasteiger partial charge in [0.1, 0.15) is 17.4 Å². The van der Waals surface area contributed by atoms with Crippen LogP contribution in [0.3, 0.4) is 0 Å². The molecule has 1 aliphatic heterocycles. The predicted molar refractivity (Wildman–Crippen MR) is 75.6 cm³/mol. The van der Waals surface area contributed by atoms with Gasteiger partial charge in [-0.1, -0.05) is 0 Å². The van der Waals surface area contributed by atoms with Crippen molar-refractivity contribution in [1.29, 1.82) is 0 Å². The molecule has 116 valence electrons. The Hall–Kier alpha value is -2.68. The van der Waals surface area contributed by atoms with Crippen molar-refractivity contribution in [3.05, 3.63) is 50.3 Å². The van der Waals surface area contributed by atoms with E-state index in [-0.39, 0.29) is 5.56 Å². The highest BCUT2D eigenvalue weighted by Gasteiger charge is 2.32. The monoisotopic (exact) mass is 305 g/mol. The summed E-state index contributed by atoms with van der Waals surface area (Å²) in [6, 6.07) is -0.402. The van der Waals surface area contributed by atoms with Crippen LogP contribution in [0.4, 0.5) is 0 Å². The molecule has 0 aliphatic carbocycles. The maximum absolute atomic E-state index is 12.6. The van der Waals surface area contributed by atoms with Crippen LogP contribution in [0.15, 0.2) is 22.0 Å². The SMILES string of the molecule is Cc1cnc(C2COCCN2C(=O)c2c[nH]c(=O)[nH]c2=O)[nH]1. The normalized spacial score (nSPS) is 18.4. The Balaban J connectivity index is 1.95. The number of aryl methyl sites for hydroxylation is 1. The standard InChI is InChI=1S/C13H15N5O4/c1-7-4-14-10(16-7)9-6-22-3-2-18(9)12(20)8-5-15-13(21)17-11(8)19/h4-5,9H,2-3,6H2,1H3,(H,14,16)(H2,15,17,19,21). The van der Waals surface area contributed by atoms with E-state index in [4.69, 9.17) is 4.74 Å². The van der Waals surface area contributed by atoms with Crippen LogP contribution < -0.4 is 11.2 Å². The van der Waals surface area contributed by atoms with Crippen molar-refractivity contribution in [1.82, 2.24) is 24.8 Å². The third kappa shape index (κ3) is 2.58. The van der Waals surface area contributed by atoms with E-state index in [1.165, 1.54) is 4.90 Å². The summed E-state index contributed by atoms with van der Waals surface area (Å²) in [4.78, 5) is 48.6. The molecule has 1 fully saturated rings. The summed E-state index contributed by atoms with van der Waals surface area (Å²) < 4.78 is 5.41. The smallest absolute Gasteiger partial charge is 0.325 e. The summed E-state index contributed by atoms with van der Waals surface area (Å²) in [7, 11) is 0. The molecule has 3 rings (SSSR count). The molecule has 2 aromatic rings. The number of carbonyl (C=O) groups excluding carboxylic acids is 1. The Morgan fingerprint density at radius 3 is 2.91 bits per heavy atom. The average molecular weight is 305 g/mol. The summed E-state index contributed by atoms with van der Waals surface area (Å²) in [5, 5.41) is 0. The molecule has 1 amide bonds. The van der Waals surface area contributed by atoms with Crippen LogP contribution in [-0.2, 0) is 4.74 Å². The third-order valence-corrected chi connectivity index (χ3v) is 3.48. The van der Waals surface area contributed by atoms with Crippen molar-refractivity contribution < 1.29 is 9.53 Å². The lowest BCUT2D eigenvalue weighted by molar-refractivity contribution is -0.00513. The topological polar surface area (TPSA) is 124 Å². The van der Waals surface area contributed by atoms with Gasteiger partial charge < -0.3 is 19.6 Å². The van der Waals surface area contributed by atoms with Gasteiger partial charge in [0, 0.05) is 24.6 Å². The number of morpholine rings is 1. The molecule has 1 unspecified atom stereocenters. The lowest BCUT2D eigenvalue weighted by Gasteiger charge is -2.34. The lowest BCUT2D eigenvalue weighted by Crippen LogP contribution is -2.45. The molecule has 9 heteroatoms. The van der Waals surface area contributed by atoms with Crippen molar-refractivity contribution in [3.63, 3.8) is 0 Å². The van der Waals surface area contributed by atoms with Crippen LogP contribution >= 0.6 is 0 Å². The lowest BCUT2D eigenvalue weighted by atomic mass is 10.1. The molecule has 3 N–H and O–H groups in total. The second-order valence-corrected chi connectivity index (χ2v) is 5.03. The molecule has 0 bridgehead atoms. The van der Waals surface area contributed by atoms with Crippen molar-refractivity contribution in [2.45, 2.75) is 13.0 Å². The van der Waals surface area contributed by atoms with Crippen LogP contribution in [0.25, 0.3) is 0 Å². The van der Waals surface area contributed by atoms with Crippen molar-refractivity contribution >= 4 is 5.91 Å². The molecule has 0 radical (unpaired) electrons. The number of ether oxygens (including phenoxy) is 1. The number of nitrogens with one attached hydrogen (secondary N) is 3. The van der Waals surface area contributed by atoms with E-state index < -0.39 is 23.2 Å². The van der Waals surface area contributed by atoms with E-state index in [2.05, 4.69) is 15.0 Å². The zero-order valence-corrected chi connectivity index (χ0v) is 11.9. The molecule has 1 saturated heterocycles. The molecule has 0 saturated carbocycles. The molecular formula is C13H15N5O4. The Labute approximate surface area is 124 Å². The second kappa shape index (κ2) is 5.60. The minimum absolute atomic E-state index is 0.116. The molecule has 0 spiro atoms. The highest BCUT2D eigenvalue weighted by molar-refractivity contribution is 5.93. The number of imidazole rings is 1. The van der Waals surface area contributed by atoms with Crippen LogP contribution in [0.2, 0.25) is 0 Å². The summed E-state index contributed by atoms with van der Waals surface area (Å²) >= 11 is 0. The Kier molecular flexibility index (Phi) is 3.63. The molecule has 9 nitrogen and oxygen atoms in total. The summed E-state index contributed by atoms with van der Waals surface area (Å²) in [6.07, 6.45) is 2.79. The van der Waals surface area contributed by atoms with Gasteiger partial charge in [0.25, 0.3) is 11.5 Å². The molecular weight excluding hydrogens is 290 g/mol. The van der Waals surface area contributed by atoms with Gasteiger partial charge in [0.05, 0.1) is 13.2 Å². The minimum atomic E-state index is -0.713. The molecule has 1 atom stereocenters. The van der Waals surface area contributed by atoms with Crippen LogP contribution in [-0.4, -0.2) is 50.5 Å². The van der Waals surface area contributed by atoms with Crippen LogP contribution in [0.1, 0.15) is 27.9 Å². The number of H-pyrrole nitrogens is 3. The largest absolute Gasteiger partial charge is 0.377 e. The zero-order chi connectivity index (χ0) is 15.7. The molecule has 1 aliphatic rings. The fraction of sp³-hybridized carbons (Fsp3) is 0.385. The van der Waals surface area contributed by atoms with Crippen molar-refractivity contribution in [3.8, 4) is 0 Å². The van der Waals surface area contributed by atoms with Gasteiger partial charge in [-0.3, -0.25) is 14.6 Å². The molecule has 3 heterocycles. The van der Waals surface area contributed by atoms with E-state index in [0.29, 0.717) is 25.6 Å². The summed E-state index contributed by atoms with van der Waals surface area (Å²) in [5.74, 6) is 0.131. The molecule has 0 aromatic carbocycles. The van der Waals surface area contributed by atoms with E-state index >= 15 is 0 Å². The number of rotatable bonds is 2. The molecule has 2 aromatic heterocycles. The van der Waals surface area contributed by atoms with Crippen molar-refractivity contribution in [2.24, 2.45) is 0 Å². The van der Waals surface area contributed by atoms with Gasteiger partial charge >= 0.3 is 5.69 Å². The first-order chi connectivity index (χ1) is 10.6. The predicted octanol–water partition coefficient (Wildman–Crippen LogP) is -0.692. The number of carbonyl (C=O) groups is 1. The Bertz CT molecular complexity index is 805. The zero-order valence-electron chi connectivity index (χ0n) is 11.9. The third-order valence-electron chi connectivity index (χ3n) is 3.48. The van der Waals surface area contributed by atoms with Gasteiger partial charge in [0.2, 0.25) is 0 Å². The fourth-order valence-corrected chi connectivity index (χ4v) is 2.40. The summed E-state index contributed by atoms with van der Waals surface area (Å²) in [6.45, 7) is 2.87. The fourth-order valence-electron chi connectivity index (χ4n) is 2.40. The van der Waals surface area contributed by atoms with Gasteiger partial charge in [-0.15, -0.1) is 0 Å². The second-order valence-electron chi connectivity index (χ2n) is 5.03. The average Bonchev–Trinajstić information content (AvgIpc) is 2.93. The Morgan fingerprint density at radius 2 is 2.23 bits per heavy atom. The van der Waals surface area contributed by atoms with Gasteiger partial charge in [-0.25, -0.2) is 9.78 Å². The number of hydrogen-bond donors (Lipinski definition) is 3. The highest BCUT2D eigenvalue weighted by Crippen LogP contribution is 2.23. The van der Waals surface area contributed by atoms with E-state index in [0.717, 1.165) is 11.9 Å². The summed E-state index contributed by atoms with van der Waals surface area (Å²) in [5.41, 5.74) is -0.610. The van der Waals surface area contributed by atoms with Crippen LogP contribution in [0.5, 0.6) is 0 Å². The van der Waals surface area contributed by atoms with Crippen LogP contribution in [0, 0.1) is 6.92 Å². The first kappa shape index (κ1) is 14.3. The van der Waals surface area contributed by atoms with E-state index in [1.54, 1.807) is 6.20 Å². The number of aromatic nitrogens is 4. The quantitative estimate of drug-likeness (QED) is 0.677. The number of amides is 1. The van der Waals surface area contributed by atoms with E-state index in [1.807, 2.05) is 11.9 Å². The van der Waals surface area contributed by atoms with Crippen molar-refractivity contribution in [2.75, 3.05) is 19.8 Å². The minimum Gasteiger partial charge on any atom is -0.377 e. The van der Waals surface area contributed by atoms with Gasteiger partial charge in [0.15, 0.2) is 0 Å². The van der Waals surface area contributed by atoms with Gasteiger partial charge in [-0.2, -0.15) is 0 Å². The number of aromatic amines is 3. The molecule has 22 heavy (non-hydrogen) atoms. The first-order valence-corrected chi connectivity index (χ1v) is 6.78. The maximum Gasteiger partial charge on any atom is 0.325 e. The highest BCUT2D eigenvalue weighted by atomic mass is 16.5.